The van der Waals surface area contributed by atoms with Crippen LogP contribution >= 0.6 is 0 Å². The molecule has 0 aliphatic rings. The average Bonchev–Trinajstić information content (AvgIpc) is 3.09. The van der Waals surface area contributed by atoms with E-state index >= 15 is 0 Å². The smallest absolute Gasteiger partial charge is 0.155 e. The second-order valence-corrected chi connectivity index (χ2v) is 6.79. The van der Waals surface area contributed by atoms with Gasteiger partial charge in [0.15, 0.2) is 5.78 Å². The van der Waals surface area contributed by atoms with Crippen LogP contribution in [0.15, 0.2) is 65.0 Å². The zero-order valence-corrected chi connectivity index (χ0v) is 19.1. The third-order valence-electron chi connectivity index (χ3n) is 4.12. The molecule has 5 heteroatoms. The van der Waals surface area contributed by atoms with E-state index in [9.17, 15) is 4.79 Å². The van der Waals surface area contributed by atoms with E-state index in [0.29, 0.717) is 0 Å². The van der Waals surface area contributed by atoms with Crippen molar-refractivity contribution in [2.75, 3.05) is 0 Å². The molecule has 151 valence electrons. The Kier molecular flexibility index (Phi) is 7.49. The number of rotatable bonds is 2. The number of furan rings is 1. The van der Waals surface area contributed by atoms with Gasteiger partial charge in [-0.15, -0.1) is 34.9 Å². The minimum atomic E-state index is -0.125. The molecule has 0 aliphatic heterocycles. The Morgan fingerprint density at radius 3 is 2.45 bits per heavy atom. The molecule has 0 spiro atoms. The van der Waals surface area contributed by atoms with Gasteiger partial charge in [0.1, 0.15) is 5.58 Å². The molecular formula is C24H22IrNO3-. The Bertz CT molecular complexity index is 1170. The number of para-hydroxylation sites is 1. The number of aliphatic hydroxyl groups excluding tert-OH is 1. The van der Waals surface area contributed by atoms with Crippen LogP contribution in [0.25, 0.3) is 33.1 Å². The number of nitrogens with zero attached hydrogens (tertiary/aromatic N) is 1. The van der Waals surface area contributed by atoms with Crippen molar-refractivity contribution < 1.29 is 34.4 Å². The van der Waals surface area contributed by atoms with E-state index in [4.69, 9.17) is 14.5 Å². The zero-order valence-electron chi connectivity index (χ0n) is 16.7. The molecule has 0 bridgehead atoms. The molecule has 4 rings (SSSR count). The summed E-state index contributed by atoms with van der Waals surface area (Å²) < 4.78 is 5.70. The first-order valence-electron chi connectivity index (χ1n) is 9.00. The number of fused-ring (bicyclic) bond motifs is 3. The average molecular weight is 565 g/mol. The van der Waals surface area contributed by atoms with Gasteiger partial charge in [-0.1, -0.05) is 26.0 Å². The van der Waals surface area contributed by atoms with Crippen molar-refractivity contribution in [1.29, 1.82) is 0 Å². The van der Waals surface area contributed by atoms with Gasteiger partial charge in [0.2, 0.25) is 0 Å². The van der Waals surface area contributed by atoms with Crippen LogP contribution in [0.3, 0.4) is 0 Å². The number of carbonyl (C=O) groups excluding carboxylic acids is 1. The Balaban J connectivity index is 0.000000327. The summed E-state index contributed by atoms with van der Waals surface area (Å²) in [6.07, 6.45) is 2.89. The second kappa shape index (κ2) is 9.64. The van der Waals surface area contributed by atoms with Gasteiger partial charge >= 0.3 is 0 Å². The van der Waals surface area contributed by atoms with Crippen molar-refractivity contribution in [3.05, 3.63) is 77.8 Å². The van der Waals surface area contributed by atoms with Gasteiger partial charge in [-0.25, -0.2) is 0 Å². The summed E-state index contributed by atoms with van der Waals surface area (Å²) in [4.78, 5) is 14.9. The van der Waals surface area contributed by atoms with Gasteiger partial charge in [0.25, 0.3) is 0 Å². The van der Waals surface area contributed by atoms with E-state index in [1.807, 2.05) is 30.3 Å². The standard InChI is InChI=1S/C19H14NO.C5H8O2.Ir/c1-12-9-13(2)11-14(10-12)18-16-7-8-21-19(16)15-5-3-4-6-17(15)20-18;1-4(6)3-5(2)7;/h3-10H,1-2H3;3,6H,1-2H3;/q-1;;/b;4-3-;. The SMILES string of the molecule is CC(=O)/C=C(/C)O.Cc1[c-]c(-c2nc3ccccc3c3occc23)cc(C)c1.[Ir]. The molecular weight excluding hydrogens is 542 g/mol. The number of pyridine rings is 1. The molecule has 4 nitrogen and oxygen atoms in total. The minimum Gasteiger partial charge on any atom is -0.512 e. The van der Waals surface area contributed by atoms with Crippen LogP contribution in [0.4, 0.5) is 0 Å². The fourth-order valence-electron chi connectivity index (χ4n) is 3.17. The summed E-state index contributed by atoms with van der Waals surface area (Å²) in [7, 11) is 0. The number of ketones is 1. The maximum atomic E-state index is 10.0. The number of aryl methyl sites for hydroxylation is 2. The van der Waals surface area contributed by atoms with Gasteiger partial charge < -0.3 is 9.52 Å². The molecule has 1 N–H and O–H groups in total. The molecule has 0 saturated carbocycles. The van der Waals surface area contributed by atoms with Gasteiger partial charge in [0, 0.05) is 37.0 Å². The molecule has 0 aliphatic carbocycles. The van der Waals surface area contributed by atoms with Crippen LogP contribution in [0, 0.1) is 19.9 Å². The third kappa shape index (κ3) is 5.41. The van der Waals surface area contributed by atoms with E-state index in [-0.39, 0.29) is 31.6 Å². The molecule has 2 heterocycles. The van der Waals surface area contributed by atoms with E-state index in [1.54, 1.807) is 6.26 Å². The maximum Gasteiger partial charge on any atom is 0.155 e. The summed E-state index contributed by atoms with van der Waals surface area (Å²) >= 11 is 0. The van der Waals surface area contributed by atoms with Crippen LogP contribution in [0.1, 0.15) is 25.0 Å². The minimum absolute atomic E-state index is 0. The Labute approximate surface area is 183 Å². The van der Waals surface area contributed by atoms with Crippen molar-refractivity contribution >= 4 is 27.7 Å². The monoisotopic (exact) mass is 565 g/mol. The quantitative estimate of drug-likeness (QED) is 0.182. The molecule has 2 aromatic heterocycles. The molecule has 1 radical (unpaired) electrons. The molecule has 2 aromatic carbocycles. The Hall–Kier alpha value is -2.75. The number of hydrogen-bond acceptors (Lipinski definition) is 4. The largest absolute Gasteiger partial charge is 0.512 e. The predicted molar refractivity (Wildman–Crippen MR) is 112 cm³/mol. The number of carbonyl (C=O) groups is 1. The third-order valence-corrected chi connectivity index (χ3v) is 4.12. The topological polar surface area (TPSA) is 63.3 Å². The van der Waals surface area contributed by atoms with Gasteiger partial charge in [-0.2, -0.15) is 0 Å². The van der Waals surface area contributed by atoms with Crippen molar-refractivity contribution in [2.45, 2.75) is 27.7 Å². The molecule has 4 aromatic rings. The maximum absolute atomic E-state index is 10.0. The second-order valence-electron chi connectivity index (χ2n) is 6.79. The first kappa shape index (κ1) is 22.5. The van der Waals surface area contributed by atoms with Crippen LogP contribution in [0.2, 0.25) is 0 Å². The zero-order chi connectivity index (χ0) is 20.3. The van der Waals surface area contributed by atoms with Crippen molar-refractivity contribution in [2.24, 2.45) is 0 Å². The van der Waals surface area contributed by atoms with E-state index in [2.05, 4.69) is 32.0 Å². The van der Waals surface area contributed by atoms with Crippen LogP contribution in [-0.4, -0.2) is 15.9 Å². The van der Waals surface area contributed by atoms with E-state index in [0.717, 1.165) is 38.7 Å². The molecule has 0 saturated heterocycles. The van der Waals surface area contributed by atoms with Crippen LogP contribution < -0.4 is 0 Å². The molecule has 0 atom stereocenters. The van der Waals surface area contributed by atoms with Crippen LogP contribution in [-0.2, 0) is 24.9 Å². The summed E-state index contributed by atoms with van der Waals surface area (Å²) in [5.41, 5.74) is 6.13. The Morgan fingerprint density at radius 1 is 1.10 bits per heavy atom. The van der Waals surface area contributed by atoms with E-state index < -0.39 is 0 Å². The summed E-state index contributed by atoms with van der Waals surface area (Å²) in [5.74, 6) is -0.0625. The van der Waals surface area contributed by atoms with Crippen molar-refractivity contribution in [3.8, 4) is 11.3 Å². The van der Waals surface area contributed by atoms with Gasteiger partial charge in [-0.3, -0.25) is 9.78 Å². The number of benzene rings is 2. The normalized spacial score (nSPS) is 11.0. The first-order chi connectivity index (χ1) is 13.3. The van der Waals surface area contributed by atoms with Crippen molar-refractivity contribution in [3.63, 3.8) is 0 Å². The van der Waals surface area contributed by atoms with E-state index in [1.165, 1.54) is 25.5 Å². The van der Waals surface area contributed by atoms with Crippen molar-refractivity contribution in [1.82, 2.24) is 4.98 Å². The fourth-order valence-corrected chi connectivity index (χ4v) is 3.17. The number of aliphatic hydroxyl groups is 1. The van der Waals surface area contributed by atoms with Crippen LogP contribution in [0.5, 0.6) is 0 Å². The molecule has 29 heavy (non-hydrogen) atoms. The molecule has 0 amide bonds. The fraction of sp³-hybridized carbons (Fsp3) is 0.167. The number of aromatic nitrogens is 1. The predicted octanol–water partition coefficient (Wildman–Crippen LogP) is 6.10. The number of hydrogen-bond donors (Lipinski definition) is 1. The number of allylic oxidation sites excluding steroid dienone is 2. The summed E-state index contributed by atoms with van der Waals surface area (Å²) in [5, 5.41) is 10.4. The van der Waals surface area contributed by atoms with Gasteiger partial charge in [0.05, 0.1) is 17.5 Å². The first-order valence-corrected chi connectivity index (χ1v) is 9.00. The van der Waals surface area contributed by atoms with Gasteiger partial charge in [-0.05, 0) is 37.7 Å². The molecule has 0 unspecified atom stereocenters. The molecule has 0 fully saturated rings. The summed E-state index contributed by atoms with van der Waals surface area (Å²) in [6.45, 7) is 7.00. The summed E-state index contributed by atoms with van der Waals surface area (Å²) in [6, 6.07) is 17.7. The Morgan fingerprint density at radius 2 is 1.83 bits per heavy atom.